The van der Waals surface area contributed by atoms with Gasteiger partial charge < -0.3 is 9.13 Å². The quantitative estimate of drug-likeness (QED) is 0.178. The van der Waals surface area contributed by atoms with Crippen LogP contribution >= 0.6 is 11.3 Å². The van der Waals surface area contributed by atoms with Gasteiger partial charge in [-0.1, -0.05) is 133 Å². The maximum absolute atomic E-state index is 5.29. The fraction of sp³-hybridized carbons (Fsp3) is 0. The van der Waals surface area contributed by atoms with Crippen LogP contribution in [0.3, 0.4) is 0 Å². The van der Waals surface area contributed by atoms with Crippen molar-refractivity contribution in [3.05, 3.63) is 188 Å². The Bertz CT molecular complexity index is 3250. The van der Waals surface area contributed by atoms with E-state index in [9.17, 15) is 0 Å². The molecular formula is C51H31N3S. The Kier molecular flexibility index (Phi) is 6.50. The lowest BCUT2D eigenvalue weighted by Gasteiger charge is -2.16. The molecule has 0 amide bonds. The van der Waals surface area contributed by atoms with Crippen LogP contribution in [0, 0.1) is 0 Å². The van der Waals surface area contributed by atoms with Crippen molar-refractivity contribution in [3.63, 3.8) is 0 Å². The highest BCUT2D eigenvalue weighted by Gasteiger charge is 2.19. The molecule has 55 heavy (non-hydrogen) atoms. The summed E-state index contributed by atoms with van der Waals surface area (Å²) in [6, 6.07) is 68.4. The van der Waals surface area contributed by atoms with Crippen molar-refractivity contribution in [1.82, 2.24) is 14.1 Å². The summed E-state index contributed by atoms with van der Waals surface area (Å²) >= 11 is 1.83. The lowest BCUT2D eigenvalue weighted by atomic mass is 9.99. The third-order valence-corrected chi connectivity index (χ3v) is 12.5. The first-order chi connectivity index (χ1) is 27.3. The van der Waals surface area contributed by atoms with E-state index in [0.717, 1.165) is 39.3 Å². The number of rotatable bonds is 4. The van der Waals surface area contributed by atoms with Crippen molar-refractivity contribution in [1.29, 1.82) is 0 Å². The van der Waals surface area contributed by atoms with Gasteiger partial charge in [0.1, 0.15) is 0 Å². The lowest BCUT2D eigenvalue weighted by molar-refractivity contribution is 1.13. The first-order valence-electron chi connectivity index (χ1n) is 18.7. The molecule has 12 aromatic rings. The largest absolute Gasteiger partial charge is 0.309 e. The van der Waals surface area contributed by atoms with Gasteiger partial charge in [-0.2, -0.15) is 0 Å². The maximum Gasteiger partial charge on any atom is 0.0888 e. The molecule has 0 N–H and O–H groups in total. The second-order valence-corrected chi connectivity index (χ2v) is 15.4. The number of benzene rings is 8. The van der Waals surface area contributed by atoms with Gasteiger partial charge in [0.05, 0.1) is 38.0 Å². The fourth-order valence-electron chi connectivity index (χ4n) is 8.87. The van der Waals surface area contributed by atoms with Gasteiger partial charge in [0.25, 0.3) is 0 Å². The van der Waals surface area contributed by atoms with Gasteiger partial charge >= 0.3 is 0 Å². The summed E-state index contributed by atoms with van der Waals surface area (Å²) < 4.78 is 7.37. The van der Waals surface area contributed by atoms with Crippen LogP contribution in [0.1, 0.15) is 0 Å². The summed E-state index contributed by atoms with van der Waals surface area (Å²) in [6.45, 7) is 0. The van der Waals surface area contributed by atoms with Gasteiger partial charge in [-0.3, -0.25) is 0 Å². The number of thiophene rings is 1. The van der Waals surface area contributed by atoms with Gasteiger partial charge in [-0.25, -0.2) is 4.98 Å². The molecule has 0 aliphatic carbocycles. The van der Waals surface area contributed by atoms with Gasteiger partial charge in [0, 0.05) is 59.3 Å². The smallest absolute Gasteiger partial charge is 0.0888 e. The van der Waals surface area contributed by atoms with Crippen molar-refractivity contribution >= 4 is 86.0 Å². The van der Waals surface area contributed by atoms with Gasteiger partial charge in [-0.15, -0.1) is 11.3 Å². The highest BCUT2D eigenvalue weighted by Crippen LogP contribution is 2.43. The number of hydrogen-bond donors (Lipinski definition) is 0. The molecule has 12 rings (SSSR count). The van der Waals surface area contributed by atoms with Crippen molar-refractivity contribution < 1.29 is 0 Å². The third-order valence-electron chi connectivity index (χ3n) is 11.3. The summed E-state index contributed by atoms with van der Waals surface area (Å²) in [6.07, 6.45) is 0. The molecule has 8 aromatic carbocycles. The third kappa shape index (κ3) is 4.52. The van der Waals surface area contributed by atoms with Gasteiger partial charge in [-0.05, 0) is 65.7 Å². The molecule has 4 heterocycles. The van der Waals surface area contributed by atoms with E-state index < -0.39 is 0 Å². The monoisotopic (exact) mass is 717 g/mol. The SMILES string of the molecule is c1ccc2c(c1)nc(-c1ccc(-c3cc(-n4c5ccccc5c5ccccc54)cc(-n4c5ccccc5c5ccccc54)c3)cc1)c1sc3ccccc3c12. The minimum absolute atomic E-state index is 1.02. The van der Waals surface area contributed by atoms with Gasteiger partial charge in [0.15, 0.2) is 0 Å². The molecule has 0 radical (unpaired) electrons. The lowest BCUT2D eigenvalue weighted by Crippen LogP contribution is -2.00. The topological polar surface area (TPSA) is 22.8 Å². The van der Waals surface area contributed by atoms with Crippen LogP contribution in [-0.2, 0) is 0 Å². The van der Waals surface area contributed by atoms with E-state index in [2.05, 4.69) is 197 Å². The molecule has 0 atom stereocenters. The highest BCUT2D eigenvalue weighted by molar-refractivity contribution is 7.26. The predicted octanol–water partition coefficient (Wildman–Crippen LogP) is 14.1. The van der Waals surface area contributed by atoms with Crippen LogP contribution in [0.5, 0.6) is 0 Å². The molecule has 0 saturated carbocycles. The van der Waals surface area contributed by atoms with E-state index in [0.29, 0.717) is 0 Å². The molecule has 0 aliphatic heterocycles. The minimum Gasteiger partial charge on any atom is -0.309 e. The normalized spacial score (nSPS) is 12.0. The second kappa shape index (κ2) is 11.7. The Labute approximate surface area is 320 Å². The molecule has 256 valence electrons. The summed E-state index contributed by atoms with van der Waals surface area (Å²) in [4.78, 5) is 5.29. The van der Waals surface area contributed by atoms with Crippen molar-refractivity contribution in [3.8, 4) is 33.8 Å². The second-order valence-electron chi connectivity index (χ2n) is 14.3. The van der Waals surface area contributed by atoms with Crippen molar-refractivity contribution in [2.24, 2.45) is 0 Å². The Hall–Kier alpha value is -7.01. The van der Waals surface area contributed by atoms with Crippen LogP contribution < -0.4 is 0 Å². The first kappa shape index (κ1) is 30.5. The number of pyridine rings is 1. The number of nitrogens with zero attached hydrogens (tertiary/aromatic N) is 3. The molecule has 0 fully saturated rings. The summed E-state index contributed by atoms with van der Waals surface area (Å²) in [5.74, 6) is 0. The molecule has 0 unspecified atom stereocenters. The molecular weight excluding hydrogens is 687 g/mol. The van der Waals surface area contributed by atoms with Crippen LogP contribution in [0.4, 0.5) is 0 Å². The van der Waals surface area contributed by atoms with Crippen molar-refractivity contribution in [2.45, 2.75) is 0 Å². The predicted molar refractivity (Wildman–Crippen MR) is 234 cm³/mol. The molecule has 4 aromatic heterocycles. The first-order valence-corrected chi connectivity index (χ1v) is 19.5. The minimum atomic E-state index is 1.02. The Morgan fingerprint density at radius 2 is 0.800 bits per heavy atom. The van der Waals surface area contributed by atoms with Crippen molar-refractivity contribution in [2.75, 3.05) is 0 Å². The molecule has 0 saturated heterocycles. The van der Waals surface area contributed by atoms with E-state index in [1.54, 1.807) is 0 Å². The van der Waals surface area contributed by atoms with E-state index in [-0.39, 0.29) is 0 Å². The van der Waals surface area contributed by atoms with Crippen LogP contribution in [0.25, 0.3) is 108 Å². The van der Waals surface area contributed by atoms with Crippen LogP contribution in [0.15, 0.2) is 188 Å². The van der Waals surface area contributed by atoms with Crippen LogP contribution in [0.2, 0.25) is 0 Å². The number of aromatic nitrogens is 3. The zero-order valence-corrected chi connectivity index (χ0v) is 30.5. The molecule has 4 heteroatoms. The zero-order chi connectivity index (χ0) is 36.0. The Morgan fingerprint density at radius 1 is 0.364 bits per heavy atom. The molecule has 0 spiro atoms. The average molecular weight is 718 g/mol. The average Bonchev–Trinajstić information content (AvgIpc) is 3.92. The number of hydrogen-bond acceptors (Lipinski definition) is 2. The zero-order valence-electron chi connectivity index (χ0n) is 29.6. The van der Waals surface area contributed by atoms with Gasteiger partial charge in [0.2, 0.25) is 0 Å². The summed E-state index contributed by atoms with van der Waals surface area (Å²) in [5, 5.41) is 8.79. The summed E-state index contributed by atoms with van der Waals surface area (Å²) in [5.41, 5.74) is 12.5. The molecule has 3 nitrogen and oxygen atoms in total. The Balaban J connectivity index is 1.10. The van der Waals surface area contributed by atoms with E-state index in [1.165, 1.54) is 69.2 Å². The maximum atomic E-state index is 5.29. The Morgan fingerprint density at radius 3 is 1.35 bits per heavy atom. The van der Waals surface area contributed by atoms with Crippen LogP contribution in [-0.4, -0.2) is 14.1 Å². The standard InChI is InChI=1S/C51H31N3S/c1-7-19-43-41(17-1)49-42-18-6-12-24-48(42)55-51(49)50(52-43)33-27-25-32(26-28-33)34-29-35(53-44-20-8-2-13-37(44)38-14-3-9-21-45(38)53)31-36(30-34)54-46-22-10-4-15-39(46)40-16-5-11-23-47(40)54/h1-31H. The summed E-state index contributed by atoms with van der Waals surface area (Å²) in [7, 11) is 0. The number of fused-ring (bicyclic) bond motifs is 11. The van der Waals surface area contributed by atoms with E-state index in [1.807, 2.05) is 11.3 Å². The number of para-hydroxylation sites is 5. The van der Waals surface area contributed by atoms with E-state index in [4.69, 9.17) is 4.98 Å². The van der Waals surface area contributed by atoms with E-state index >= 15 is 0 Å². The fourth-order valence-corrected chi connectivity index (χ4v) is 10.1. The molecule has 0 bridgehead atoms. The highest BCUT2D eigenvalue weighted by atomic mass is 32.1. The molecule has 0 aliphatic rings.